The van der Waals surface area contributed by atoms with E-state index in [2.05, 4.69) is 50.2 Å². The average Bonchev–Trinajstić information content (AvgIpc) is 2.92. The summed E-state index contributed by atoms with van der Waals surface area (Å²) in [6, 6.07) is 9.83. The molecule has 0 fully saturated rings. The maximum Gasteiger partial charge on any atom is 0.363 e. The van der Waals surface area contributed by atoms with Gasteiger partial charge in [-0.2, -0.15) is 0 Å². The lowest BCUT2D eigenvalue weighted by Gasteiger charge is -2.09. The van der Waals surface area contributed by atoms with Gasteiger partial charge < -0.3 is 9.47 Å². The van der Waals surface area contributed by atoms with Crippen molar-refractivity contribution in [1.82, 2.24) is 0 Å². The van der Waals surface area contributed by atoms with Crippen molar-refractivity contribution in [2.24, 2.45) is 4.99 Å². The highest BCUT2D eigenvalue weighted by Gasteiger charge is 2.26. The molecular formula is C18H12FI2NO3. The first-order chi connectivity index (χ1) is 12.0. The van der Waals surface area contributed by atoms with Crippen LogP contribution in [0.3, 0.4) is 0 Å². The van der Waals surface area contributed by atoms with Crippen molar-refractivity contribution in [2.75, 3.05) is 6.61 Å². The molecule has 0 bridgehead atoms. The van der Waals surface area contributed by atoms with Gasteiger partial charge in [-0.3, -0.25) is 0 Å². The molecule has 0 N–H and O–H groups in total. The minimum Gasteiger partial charge on any atom is -0.492 e. The molecule has 25 heavy (non-hydrogen) atoms. The summed E-state index contributed by atoms with van der Waals surface area (Å²) in [4.78, 5) is 16.2. The van der Waals surface area contributed by atoms with Crippen LogP contribution in [0.25, 0.3) is 6.08 Å². The Labute approximate surface area is 171 Å². The molecule has 3 rings (SSSR count). The number of benzene rings is 2. The highest BCUT2D eigenvalue weighted by atomic mass is 127. The smallest absolute Gasteiger partial charge is 0.363 e. The fraction of sp³-hybridized carbons (Fsp3) is 0.111. The second kappa shape index (κ2) is 7.81. The van der Waals surface area contributed by atoms with Crippen LogP contribution in [0.4, 0.5) is 4.39 Å². The molecule has 0 atom stereocenters. The number of carbonyl (C=O) groups is 1. The summed E-state index contributed by atoms with van der Waals surface area (Å²) in [6.07, 6.45) is 1.62. The Balaban J connectivity index is 1.96. The molecule has 2 aromatic carbocycles. The van der Waals surface area contributed by atoms with Crippen LogP contribution in [0, 0.1) is 13.0 Å². The van der Waals surface area contributed by atoms with Crippen LogP contribution in [0.15, 0.2) is 47.1 Å². The van der Waals surface area contributed by atoms with Gasteiger partial charge >= 0.3 is 5.97 Å². The number of hydrogen-bond donors (Lipinski definition) is 0. The van der Waals surface area contributed by atoms with Crippen LogP contribution < -0.4 is 4.74 Å². The lowest BCUT2D eigenvalue weighted by Crippen LogP contribution is -2.07. The number of ether oxygens (including phenoxy) is 2. The zero-order chi connectivity index (χ0) is 18.0. The van der Waals surface area contributed by atoms with Gasteiger partial charge in [0.1, 0.15) is 11.6 Å². The second-order valence-electron chi connectivity index (χ2n) is 5.06. The highest BCUT2D eigenvalue weighted by Crippen LogP contribution is 2.30. The summed E-state index contributed by atoms with van der Waals surface area (Å²) in [5, 5.41) is 0. The van der Waals surface area contributed by atoms with E-state index < -0.39 is 11.8 Å². The van der Waals surface area contributed by atoms with Crippen LogP contribution in [0.5, 0.6) is 5.75 Å². The Morgan fingerprint density at radius 1 is 1.24 bits per heavy atom. The highest BCUT2D eigenvalue weighted by molar-refractivity contribution is 14.1. The molecule has 0 spiro atoms. The summed E-state index contributed by atoms with van der Waals surface area (Å²) in [5.41, 5.74) is 1.09. The number of rotatable bonds is 4. The van der Waals surface area contributed by atoms with Crippen molar-refractivity contribution in [1.29, 1.82) is 0 Å². The van der Waals surface area contributed by atoms with E-state index >= 15 is 0 Å². The lowest BCUT2D eigenvalue weighted by molar-refractivity contribution is -0.129. The topological polar surface area (TPSA) is 47.9 Å². The van der Waals surface area contributed by atoms with E-state index in [1.54, 1.807) is 18.2 Å². The third-order valence-electron chi connectivity index (χ3n) is 3.34. The molecule has 1 aliphatic rings. The van der Waals surface area contributed by atoms with Gasteiger partial charge in [-0.25, -0.2) is 14.2 Å². The third kappa shape index (κ3) is 4.02. The number of hydrogen-bond acceptors (Lipinski definition) is 4. The average molecular weight is 563 g/mol. The Kier molecular flexibility index (Phi) is 5.72. The molecule has 0 aliphatic carbocycles. The van der Waals surface area contributed by atoms with E-state index in [4.69, 9.17) is 9.47 Å². The Bertz CT molecular complexity index is 886. The van der Waals surface area contributed by atoms with E-state index in [1.807, 2.05) is 19.1 Å². The maximum atomic E-state index is 13.8. The zero-order valence-electron chi connectivity index (χ0n) is 13.1. The van der Waals surface area contributed by atoms with Gasteiger partial charge in [-0.05, 0) is 88.0 Å². The van der Waals surface area contributed by atoms with Gasteiger partial charge in [0.15, 0.2) is 5.70 Å². The predicted molar refractivity (Wildman–Crippen MR) is 110 cm³/mol. The Hall–Kier alpha value is -1.49. The van der Waals surface area contributed by atoms with Gasteiger partial charge in [0.25, 0.3) is 0 Å². The van der Waals surface area contributed by atoms with Crippen LogP contribution >= 0.6 is 45.2 Å². The zero-order valence-corrected chi connectivity index (χ0v) is 17.4. The van der Waals surface area contributed by atoms with Gasteiger partial charge in [0.2, 0.25) is 5.90 Å². The number of nitrogens with zero attached hydrogens (tertiary/aromatic N) is 1. The molecular weight excluding hydrogens is 551 g/mol. The molecule has 7 heteroatoms. The molecule has 1 heterocycles. The van der Waals surface area contributed by atoms with Gasteiger partial charge in [-0.15, -0.1) is 0 Å². The molecule has 2 aromatic rings. The molecule has 0 aromatic heterocycles. The van der Waals surface area contributed by atoms with Crippen LogP contribution in [0.2, 0.25) is 0 Å². The van der Waals surface area contributed by atoms with E-state index in [9.17, 15) is 9.18 Å². The number of cyclic esters (lactones) is 1. The van der Waals surface area contributed by atoms with Gasteiger partial charge in [0.05, 0.1) is 19.3 Å². The molecule has 4 nitrogen and oxygen atoms in total. The second-order valence-corrected chi connectivity index (χ2v) is 7.39. The maximum absolute atomic E-state index is 13.8. The normalized spacial score (nSPS) is 15.3. The van der Waals surface area contributed by atoms with Crippen LogP contribution in [-0.2, 0) is 9.53 Å². The summed E-state index contributed by atoms with van der Waals surface area (Å²) >= 11 is 4.37. The number of esters is 1. The quantitative estimate of drug-likeness (QED) is 0.306. The Morgan fingerprint density at radius 2 is 1.92 bits per heavy atom. The molecule has 0 unspecified atom stereocenters. The van der Waals surface area contributed by atoms with E-state index in [0.29, 0.717) is 6.61 Å². The fourth-order valence-electron chi connectivity index (χ4n) is 2.26. The molecule has 1 aliphatic heterocycles. The molecule has 0 radical (unpaired) electrons. The van der Waals surface area contributed by atoms with Gasteiger partial charge in [-0.1, -0.05) is 12.1 Å². The van der Waals surface area contributed by atoms with Crippen molar-refractivity contribution in [3.05, 3.63) is 66.2 Å². The largest absolute Gasteiger partial charge is 0.492 e. The summed E-state index contributed by atoms with van der Waals surface area (Å²) in [6.45, 7) is 2.50. The van der Waals surface area contributed by atoms with Crippen LogP contribution in [0.1, 0.15) is 18.1 Å². The number of halogens is 3. The molecule has 0 saturated heterocycles. The van der Waals surface area contributed by atoms with Crippen molar-refractivity contribution in [2.45, 2.75) is 6.92 Å². The third-order valence-corrected chi connectivity index (χ3v) is 4.94. The molecule has 128 valence electrons. The standard InChI is InChI=1S/C18H12FI2NO3/c1-2-24-16-13(20)7-10(8-14(16)21)9-15-18(23)25-17(22-15)11-5-3-4-6-12(11)19/h3-9H,2H2,1H3/b15-9-. The minimum atomic E-state index is -0.600. The van der Waals surface area contributed by atoms with E-state index in [0.717, 1.165) is 18.5 Å². The lowest BCUT2D eigenvalue weighted by atomic mass is 10.2. The first-order valence-corrected chi connectivity index (χ1v) is 9.54. The number of aliphatic imine (C=N–C) groups is 1. The van der Waals surface area contributed by atoms with Crippen molar-refractivity contribution < 1.29 is 18.7 Å². The Morgan fingerprint density at radius 3 is 2.56 bits per heavy atom. The SMILES string of the molecule is CCOc1c(I)cc(/C=C2\N=C(c3ccccc3F)OC2=O)cc1I. The fourth-order valence-corrected chi connectivity index (χ4v) is 4.39. The van der Waals surface area contributed by atoms with Crippen LogP contribution in [-0.4, -0.2) is 18.5 Å². The molecule has 0 saturated carbocycles. The summed E-state index contributed by atoms with van der Waals surface area (Å²) < 4.78 is 26.4. The van der Waals surface area contributed by atoms with Crippen molar-refractivity contribution in [3.63, 3.8) is 0 Å². The van der Waals surface area contributed by atoms with E-state index in [-0.39, 0.29) is 17.2 Å². The predicted octanol–water partition coefficient (Wildman–Crippen LogP) is 4.78. The summed E-state index contributed by atoms with van der Waals surface area (Å²) in [7, 11) is 0. The number of carbonyl (C=O) groups excluding carboxylic acids is 1. The van der Waals surface area contributed by atoms with Crippen molar-refractivity contribution in [3.8, 4) is 5.75 Å². The summed E-state index contributed by atoms with van der Waals surface area (Å²) in [5.74, 6) is -0.294. The van der Waals surface area contributed by atoms with Crippen molar-refractivity contribution >= 4 is 63.1 Å². The van der Waals surface area contributed by atoms with E-state index in [1.165, 1.54) is 12.1 Å². The minimum absolute atomic E-state index is 0.0234. The molecule has 0 amide bonds. The monoisotopic (exact) mass is 563 g/mol. The van der Waals surface area contributed by atoms with Gasteiger partial charge in [0, 0.05) is 0 Å². The first-order valence-electron chi connectivity index (χ1n) is 7.39. The first kappa shape index (κ1) is 18.3.